The smallest absolute Gasteiger partial charge is 0.335 e. The standard InChI is InChI=1S/C12H18N2O3/c1-8(17-3)7-14(2)11-5-4-9(12(15)16)6-10(11)13/h4-6,8H,7,13H2,1-3H3,(H,15,16). The summed E-state index contributed by atoms with van der Waals surface area (Å²) in [6.45, 7) is 2.64. The lowest BCUT2D eigenvalue weighted by molar-refractivity contribution is 0.0697. The van der Waals surface area contributed by atoms with Crippen molar-refractivity contribution in [3.63, 3.8) is 0 Å². The molecule has 94 valence electrons. The van der Waals surface area contributed by atoms with Crippen molar-refractivity contribution in [2.45, 2.75) is 13.0 Å². The second kappa shape index (κ2) is 5.54. The fourth-order valence-corrected chi connectivity index (χ4v) is 1.59. The first kappa shape index (κ1) is 13.3. The second-order valence-electron chi connectivity index (χ2n) is 4.01. The predicted molar refractivity (Wildman–Crippen MR) is 67.6 cm³/mol. The van der Waals surface area contributed by atoms with Crippen LogP contribution in [-0.4, -0.2) is 37.9 Å². The molecule has 0 aliphatic carbocycles. The zero-order chi connectivity index (χ0) is 13.0. The van der Waals surface area contributed by atoms with Crippen LogP contribution in [0.2, 0.25) is 0 Å². The van der Waals surface area contributed by atoms with Gasteiger partial charge in [-0.2, -0.15) is 0 Å². The van der Waals surface area contributed by atoms with Crippen LogP contribution in [0.5, 0.6) is 0 Å². The van der Waals surface area contributed by atoms with E-state index in [1.807, 2.05) is 18.9 Å². The van der Waals surface area contributed by atoms with Gasteiger partial charge in [0.2, 0.25) is 0 Å². The van der Waals surface area contributed by atoms with Crippen LogP contribution in [0.1, 0.15) is 17.3 Å². The van der Waals surface area contributed by atoms with E-state index in [0.29, 0.717) is 12.2 Å². The summed E-state index contributed by atoms with van der Waals surface area (Å²) in [5, 5.41) is 8.83. The third kappa shape index (κ3) is 3.35. The third-order valence-electron chi connectivity index (χ3n) is 2.62. The molecule has 5 nitrogen and oxygen atoms in total. The van der Waals surface area contributed by atoms with Crippen LogP contribution in [0.25, 0.3) is 0 Å². The van der Waals surface area contributed by atoms with E-state index in [-0.39, 0.29) is 11.7 Å². The third-order valence-corrected chi connectivity index (χ3v) is 2.62. The van der Waals surface area contributed by atoms with Crippen LogP contribution in [-0.2, 0) is 4.74 Å². The molecule has 17 heavy (non-hydrogen) atoms. The number of hydrogen-bond donors (Lipinski definition) is 2. The number of rotatable bonds is 5. The van der Waals surface area contributed by atoms with E-state index < -0.39 is 5.97 Å². The Kier molecular flexibility index (Phi) is 4.34. The first-order chi connectivity index (χ1) is 7.95. The van der Waals surface area contributed by atoms with Crippen molar-refractivity contribution in [1.82, 2.24) is 0 Å². The highest BCUT2D eigenvalue weighted by Gasteiger charge is 2.11. The van der Waals surface area contributed by atoms with Crippen molar-refractivity contribution >= 4 is 17.3 Å². The number of aromatic carboxylic acids is 1. The summed E-state index contributed by atoms with van der Waals surface area (Å²) in [5.74, 6) is -0.976. The van der Waals surface area contributed by atoms with Gasteiger partial charge in [-0.3, -0.25) is 0 Å². The minimum absolute atomic E-state index is 0.0820. The number of ether oxygens (including phenoxy) is 1. The number of methoxy groups -OCH3 is 1. The number of carbonyl (C=O) groups is 1. The van der Waals surface area contributed by atoms with Gasteiger partial charge < -0.3 is 20.5 Å². The molecule has 5 heteroatoms. The lowest BCUT2D eigenvalue weighted by Crippen LogP contribution is -2.28. The molecule has 0 aliphatic heterocycles. The molecule has 1 unspecified atom stereocenters. The van der Waals surface area contributed by atoms with Gasteiger partial charge in [0.25, 0.3) is 0 Å². The Morgan fingerprint density at radius 2 is 2.24 bits per heavy atom. The molecule has 0 aromatic heterocycles. The minimum Gasteiger partial charge on any atom is -0.478 e. The molecular formula is C12H18N2O3. The van der Waals surface area contributed by atoms with Gasteiger partial charge in [0, 0.05) is 20.7 Å². The van der Waals surface area contributed by atoms with Crippen LogP contribution in [0.15, 0.2) is 18.2 Å². The quantitative estimate of drug-likeness (QED) is 0.759. The molecule has 1 rings (SSSR count). The van der Waals surface area contributed by atoms with Gasteiger partial charge >= 0.3 is 5.97 Å². The number of likely N-dealkylation sites (N-methyl/N-ethyl adjacent to an activating group) is 1. The highest BCUT2D eigenvalue weighted by atomic mass is 16.5. The van der Waals surface area contributed by atoms with Crippen LogP contribution in [0.3, 0.4) is 0 Å². The Labute approximate surface area is 101 Å². The SMILES string of the molecule is COC(C)CN(C)c1ccc(C(=O)O)cc1N. The molecule has 0 radical (unpaired) electrons. The Hall–Kier alpha value is -1.75. The maximum Gasteiger partial charge on any atom is 0.335 e. The van der Waals surface area contributed by atoms with Crippen molar-refractivity contribution in [3.05, 3.63) is 23.8 Å². The molecular weight excluding hydrogens is 220 g/mol. The number of benzene rings is 1. The largest absolute Gasteiger partial charge is 0.478 e. The summed E-state index contributed by atoms with van der Waals surface area (Å²) < 4.78 is 5.17. The van der Waals surface area contributed by atoms with Crippen molar-refractivity contribution < 1.29 is 14.6 Å². The van der Waals surface area contributed by atoms with Crippen molar-refractivity contribution in [2.75, 3.05) is 31.3 Å². The normalized spacial score (nSPS) is 12.2. The Bertz CT molecular complexity index is 407. The van der Waals surface area contributed by atoms with E-state index in [4.69, 9.17) is 15.6 Å². The fourth-order valence-electron chi connectivity index (χ4n) is 1.59. The van der Waals surface area contributed by atoms with E-state index >= 15 is 0 Å². The average Bonchev–Trinajstić information content (AvgIpc) is 2.28. The molecule has 3 N–H and O–H groups in total. The number of carboxylic acids is 1. The molecule has 1 aromatic carbocycles. The van der Waals surface area contributed by atoms with Crippen LogP contribution in [0.4, 0.5) is 11.4 Å². The van der Waals surface area contributed by atoms with Gasteiger partial charge in [-0.1, -0.05) is 0 Å². The highest BCUT2D eigenvalue weighted by molar-refractivity contribution is 5.90. The second-order valence-corrected chi connectivity index (χ2v) is 4.01. The number of nitrogens with zero attached hydrogens (tertiary/aromatic N) is 1. The van der Waals surface area contributed by atoms with Gasteiger partial charge in [-0.25, -0.2) is 4.79 Å². The lowest BCUT2D eigenvalue weighted by atomic mass is 10.1. The Balaban J connectivity index is 2.88. The number of anilines is 2. The molecule has 0 amide bonds. The topological polar surface area (TPSA) is 75.8 Å². The van der Waals surface area contributed by atoms with Gasteiger partial charge in [-0.15, -0.1) is 0 Å². The summed E-state index contributed by atoms with van der Waals surface area (Å²) in [6.07, 6.45) is 0.0820. The number of carboxylic acid groups (broad SMARTS) is 1. The molecule has 0 heterocycles. The summed E-state index contributed by atoms with van der Waals surface area (Å²) in [4.78, 5) is 12.7. The van der Waals surface area contributed by atoms with Crippen molar-refractivity contribution in [1.29, 1.82) is 0 Å². The van der Waals surface area contributed by atoms with E-state index in [1.165, 1.54) is 6.07 Å². The first-order valence-corrected chi connectivity index (χ1v) is 5.32. The number of nitrogen functional groups attached to an aromatic ring is 1. The van der Waals surface area contributed by atoms with Crippen LogP contribution >= 0.6 is 0 Å². The minimum atomic E-state index is -0.976. The maximum atomic E-state index is 10.8. The predicted octanol–water partition coefficient (Wildman–Crippen LogP) is 1.44. The average molecular weight is 238 g/mol. The number of nitrogens with two attached hydrogens (primary N) is 1. The van der Waals surface area contributed by atoms with E-state index in [1.54, 1.807) is 19.2 Å². The van der Waals surface area contributed by atoms with E-state index in [9.17, 15) is 4.79 Å². The summed E-state index contributed by atoms with van der Waals surface area (Å²) >= 11 is 0. The molecule has 0 aliphatic rings. The highest BCUT2D eigenvalue weighted by Crippen LogP contribution is 2.23. The molecule has 1 aromatic rings. The van der Waals surface area contributed by atoms with E-state index in [2.05, 4.69) is 0 Å². The summed E-state index contributed by atoms with van der Waals surface area (Å²) in [7, 11) is 3.54. The lowest BCUT2D eigenvalue weighted by Gasteiger charge is -2.24. The molecule has 0 fully saturated rings. The van der Waals surface area contributed by atoms with Gasteiger partial charge in [0.15, 0.2) is 0 Å². The van der Waals surface area contributed by atoms with Crippen LogP contribution < -0.4 is 10.6 Å². The fraction of sp³-hybridized carbons (Fsp3) is 0.417. The van der Waals surface area contributed by atoms with Gasteiger partial charge in [0.1, 0.15) is 0 Å². The number of hydrogen-bond acceptors (Lipinski definition) is 4. The summed E-state index contributed by atoms with van der Waals surface area (Å²) in [6, 6.07) is 4.72. The zero-order valence-corrected chi connectivity index (χ0v) is 10.3. The monoisotopic (exact) mass is 238 g/mol. The van der Waals surface area contributed by atoms with Crippen LogP contribution in [0, 0.1) is 0 Å². The zero-order valence-electron chi connectivity index (χ0n) is 10.3. The van der Waals surface area contributed by atoms with E-state index in [0.717, 1.165) is 5.69 Å². The Morgan fingerprint density at radius 1 is 1.59 bits per heavy atom. The summed E-state index contributed by atoms with van der Waals surface area (Å²) in [5.41, 5.74) is 7.28. The molecule has 0 bridgehead atoms. The van der Waals surface area contributed by atoms with Gasteiger partial charge in [-0.05, 0) is 25.1 Å². The molecule has 1 atom stereocenters. The molecule has 0 saturated heterocycles. The van der Waals surface area contributed by atoms with Gasteiger partial charge in [0.05, 0.1) is 23.0 Å². The Morgan fingerprint density at radius 3 is 2.71 bits per heavy atom. The first-order valence-electron chi connectivity index (χ1n) is 5.32. The molecule has 0 spiro atoms. The maximum absolute atomic E-state index is 10.8. The van der Waals surface area contributed by atoms with Crippen molar-refractivity contribution in [3.8, 4) is 0 Å². The van der Waals surface area contributed by atoms with Crippen molar-refractivity contribution in [2.24, 2.45) is 0 Å². The molecule has 0 saturated carbocycles.